The summed E-state index contributed by atoms with van der Waals surface area (Å²) in [6.45, 7) is 0.0313. The molecule has 5 aliphatic carbocycles. The van der Waals surface area contributed by atoms with Crippen LogP contribution in [0.25, 0.3) is 0 Å². The Balaban J connectivity index is 1.22. The maximum Gasteiger partial charge on any atom is 0.240 e. The van der Waals surface area contributed by atoms with E-state index in [2.05, 4.69) is 10.6 Å². The fourth-order valence-corrected chi connectivity index (χ4v) is 7.28. The van der Waals surface area contributed by atoms with Crippen LogP contribution in [0.2, 0.25) is 0 Å². The number of carbonyl (C=O) groups is 2. The van der Waals surface area contributed by atoms with E-state index < -0.39 is 5.54 Å². The summed E-state index contributed by atoms with van der Waals surface area (Å²) in [5.74, 6) is 1.81. The zero-order valence-electron chi connectivity index (χ0n) is 17.0. The minimum Gasteiger partial charge on any atom is -0.347 e. The molecule has 1 aromatic carbocycles. The van der Waals surface area contributed by atoms with Gasteiger partial charge in [-0.3, -0.25) is 9.59 Å². The van der Waals surface area contributed by atoms with Gasteiger partial charge in [0, 0.05) is 5.41 Å². The predicted octanol–water partition coefficient (Wildman–Crippen LogP) is 4.04. The number of hydrogen-bond acceptors (Lipinski definition) is 2. The van der Waals surface area contributed by atoms with Crippen LogP contribution >= 0.6 is 0 Å². The zero-order valence-corrected chi connectivity index (χ0v) is 17.0. The molecule has 5 aliphatic rings. The second kappa shape index (κ2) is 7.10. The minimum absolute atomic E-state index is 0.0313. The van der Waals surface area contributed by atoms with Crippen molar-refractivity contribution in [2.24, 2.45) is 23.2 Å². The third kappa shape index (κ3) is 3.47. The minimum atomic E-state index is -0.434. The van der Waals surface area contributed by atoms with E-state index in [0.29, 0.717) is 17.8 Å². The van der Waals surface area contributed by atoms with Gasteiger partial charge in [0.1, 0.15) is 5.82 Å². The lowest BCUT2D eigenvalue weighted by atomic mass is 9.49. The van der Waals surface area contributed by atoms with E-state index in [9.17, 15) is 14.0 Å². The average molecular weight is 399 g/mol. The molecule has 5 heteroatoms. The molecule has 156 valence electrons. The van der Waals surface area contributed by atoms with Crippen LogP contribution in [0.4, 0.5) is 4.39 Å². The van der Waals surface area contributed by atoms with E-state index in [1.54, 1.807) is 12.1 Å². The maximum absolute atomic E-state index is 13.3. The molecule has 0 radical (unpaired) electrons. The monoisotopic (exact) mass is 398 g/mol. The lowest BCUT2D eigenvalue weighted by Crippen LogP contribution is -2.55. The number of benzene rings is 1. The third-order valence-electron chi connectivity index (χ3n) is 8.16. The maximum atomic E-state index is 13.3. The Morgan fingerprint density at radius 1 is 0.931 bits per heavy atom. The highest BCUT2D eigenvalue weighted by Crippen LogP contribution is 2.60. The molecule has 5 fully saturated rings. The Morgan fingerprint density at radius 2 is 1.48 bits per heavy atom. The van der Waals surface area contributed by atoms with E-state index in [1.165, 1.54) is 31.4 Å². The topological polar surface area (TPSA) is 58.2 Å². The second-order valence-corrected chi connectivity index (χ2v) is 10.2. The largest absolute Gasteiger partial charge is 0.347 e. The summed E-state index contributed by atoms with van der Waals surface area (Å²) < 4.78 is 13.3. The normalized spacial score (nSPS) is 34.2. The van der Waals surface area contributed by atoms with Crippen LogP contribution in [-0.4, -0.2) is 18.4 Å². The first kappa shape index (κ1) is 19.1. The summed E-state index contributed by atoms with van der Waals surface area (Å²) in [4.78, 5) is 25.9. The molecule has 6 rings (SSSR count). The summed E-state index contributed by atoms with van der Waals surface area (Å²) in [6, 6.07) is 6.46. The van der Waals surface area contributed by atoms with Crippen LogP contribution < -0.4 is 10.6 Å². The Labute approximate surface area is 172 Å². The van der Waals surface area contributed by atoms with Crippen molar-refractivity contribution in [3.63, 3.8) is 0 Å². The van der Waals surface area contributed by atoms with E-state index in [1.807, 2.05) is 0 Å². The predicted molar refractivity (Wildman–Crippen MR) is 108 cm³/mol. The molecule has 4 bridgehead atoms. The molecule has 29 heavy (non-hydrogen) atoms. The third-order valence-corrected chi connectivity index (χ3v) is 8.16. The molecule has 4 nitrogen and oxygen atoms in total. The number of amides is 2. The Morgan fingerprint density at radius 3 is 2.03 bits per heavy atom. The van der Waals surface area contributed by atoms with Crippen molar-refractivity contribution in [2.45, 2.75) is 69.7 Å². The Hall–Kier alpha value is -1.91. The lowest BCUT2D eigenvalue weighted by Gasteiger charge is -2.55. The first-order valence-electron chi connectivity index (χ1n) is 11.3. The molecule has 2 N–H and O–H groups in total. The zero-order chi connectivity index (χ0) is 20.1. The van der Waals surface area contributed by atoms with Crippen molar-refractivity contribution in [3.8, 4) is 0 Å². The summed E-state index contributed by atoms with van der Waals surface area (Å²) >= 11 is 0. The van der Waals surface area contributed by atoms with Gasteiger partial charge in [0.15, 0.2) is 0 Å². The van der Waals surface area contributed by atoms with Crippen LogP contribution in [0.3, 0.4) is 0 Å². The molecular weight excluding hydrogens is 367 g/mol. The van der Waals surface area contributed by atoms with Gasteiger partial charge in [0.25, 0.3) is 0 Å². The molecule has 0 aromatic heterocycles. The van der Waals surface area contributed by atoms with Crippen LogP contribution in [0.5, 0.6) is 0 Å². The van der Waals surface area contributed by atoms with Gasteiger partial charge in [-0.1, -0.05) is 25.0 Å². The molecule has 1 aromatic rings. The standard InChI is InChI=1S/C24H31FN2O2/c25-20-5-3-19(4-6-20)24(7-1-2-8-24)27-21(28)15-26-22(29)23-12-16-9-17(13-23)11-18(10-16)14-23/h3-6,16-18H,1-2,7-15H2,(H,26,29)(H,27,28). The van der Waals surface area contributed by atoms with Crippen molar-refractivity contribution < 1.29 is 14.0 Å². The lowest BCUT2D eigenvalue weighted by molar-refractivity contribution is -0.147. The summed E-state index contributed by atoms with van der Waals surface area (Å²) in [6.07, 6.45) is 10.7. The molecule has 0 heterocycles. The van der Waals surface area contributed by atoms with E-state index >= 15 is 0 Å². The highest BCUT2D eigenvalue weighted by molar-refractivity contribution is 5.88. The van der Waals surface area contributed by atoms with Crippen molar-refractivity contribution in [2.75, 3.05) is 6.54 Å². The van der Waals surface area contributed by atoms with Gasteiger partial charge < -0.3 is 10.6 Å². The quantitative estimate of drug-likeness (QED) is 0.786. The van der Waals surface area contributed by atoms with Crippen molar-refractivity contribution in [1.82, 2.24) is 10.6 Å². The molecule has 2 amide bonds. The first-order valence-corrected chi connectivity index (χ1v) is 11.3. The number of halogens is 1. The van der Waals surface area contributed by atoms with Gasteiger partial charge in [-0.2, -0.15) is 0 Å². The fourth-order valence-electron chi connectivity index (χ4n) is 7.28. The summed E-state index contributed by atoms with van der Waals surface area (Å²) in [5, 5.41) is 6.16. The van der Waals surface area contributed by atoms with Gasteiger partial charge in [0.05, 0.1) is 12.1 Å². The molecule has 5 saturated carbocycles. The van der Waals surface area contributed by atoms with Crippen LogP contribution in [0.1, 0.15) is 69.8 Å². The first-order chi connectivity index (χ1) is 14.0. The van der Waals surface area contributed by atoms with E-state index in [-0.39, 0.29) is 29.6 Å². The molecule has 0 aliphatic heterocycles. The number of hydrogen-bond donors (Lipinski definition) is 2. The summed E-state index contributed by atoms with van der Waals surface area (Å²) in [5.41, 5.74) is 0.296. The van der Waals surface area contributed by atoms with E-state index in [4.69, 9.17) is 0 Å². The highest BCUT2D eigenvalue weighted by atomic mass is 19.1. The van der Waals surface area contributed by atoms with Crippen molar-refractivity contribution in [3.05, 3.63) is 35.6 Å². The van der Waals surface area contributed by atoms with Gasteiger partial charge in [-0.15, -0.1) is 0 Å². The van der Waals surface area contributed by atoms with Gasteiger partial charge in [-0.25, -0.2) is 4.39 Å². The van der Waals surface area contributed by atoms with Crippen LogP contribution in [0.15, 0.2) is 24.3 Å². The number of nitrogens with one attached hydrogen (secondary N) is 2. The summed E-state index contributed by atoms with van der Waals surface area (Å²) in [7, 11) is 0. The van der Waals surface area contributed by atoms with Crippen molar-refractivity contribution in [1.29, 1.82) is 0 Å². The van der Waals surface area contributed by atoms with Gasteiger partial charge >= 0.3 is 0 Å². The smallest absolute Gasteiger partial charge is 0.240 e. The molecule has 0 atom stereocenters. The fraction of sp³-hybridized carbons (Fsp3) is 0.667. The SMILES string of the molecule is O=C(CNC(=O)C12CC3CC(CC(C3)C1)C2)NC1(c2ccc(F)cc2)CCCC1. The molecule has 0 spiro atoms. The molecule has 0 saturated heterocycles. The molecular formula is C24H31FN2O2. The van der Waals surface area contributed by atoms with Crippen molar-refractivity contribution >= 4 is 11.8 Å². The number of carbonyl (C=O) groups excluding carboxylic acids is 2. The Bertz CT molecular complexity index is 762. The van der Waals surface area contributed by atoms with E-state index in [0.717, 1.165) is 50.5 Å². The number of rotatable bonds is 5. The average Bonchev–Trinajstić information content (AvgIpc) is 3.15. The highest BCUT2D eigenvalue weighted by Gasteiger charge is 2.54. The van der Waals surface area contributed by atoms with Gasteiger partial charge in [0.2, 0.25) is 11.8 Å². The van der Waals surface area contributed by atoms with Gasteiger partial charge in [-0.05, 0) is 86.8 Å². The molecule has 0 unspecified atom stereocenters. The Kier molecular flexibility index (Phi) is 4.67. The van der Waals surface area contributed by atoms with Crippen LogP contribution in [-0.2, 0) is 15.1 Å². The second-order valence-electron chi connectivity index (χ2n) is 10.2. The van der Waals surface area contributed by atoms with Crippen LogP contribution in [0, 0.1) is 29.0 Å².